The van der Waals surface area contributed by atoms with Gasteiger partial charge in [0.1, 0.15) is 11.4 Å². The highest BCUT2D eigenvalue weighted by molar-refractivity contribution is 7.94. The predicted molar refractivity (Wildman–Crippen MR) is 24.8 cm³/mol. The zero-order valence-corrected chi connectivity index (χ0v) is 5.49. The summed E-state index contributed by atoms with van der Waals surface area (Å²) < 4.78 is 41.8. The van der Waals surface area contributed by atoms with Crippen LogP contribution in [0.2, 0.25) is 0 Å². The first-order valence-electron chi connectivity index (χ1n) is 1.41. The minimum absolute atomic E-state index is 0.642. The van der Waals surface area contributed by atoms with Crippen molar-refractivity contribution in [3.8, 4) is 0 Å². The lowest BCUT2D eigenvalue weighted by molar-refractivity contribution is 0.432. The van der Waals surface area contributed by atoms with Crippen molar-refractivity contribution in [2.24, 2.45) is 0 Å². The molecule has 0 heterocycles. The zero-order chi connectivity index (χ0) is 6.78. The van der Waals surface area contributed by atoms with E-state index in [-0.39, 0.29) is 0 Å². The molecule has 0 aliphatic carbocycles. The van der Waals surface area contributed by atoms with Gasteiger partial charge in [-0.15, -0.1) is 0 Å². The van der Waals surface area contributed by atoms with Gasteiger partial charge in [-0.1, -0.05) is 0 Å². The van der Waals surface area contributed by atoms with E-state index in [9.17, 15) is 17.2 Å². The minimum atomic E-state index is -3.84. The second kappa shape index (κ2) is 2.53. The highest BCUT2D eigenvalue weighted by atomic mass is 32.3. The van der Waals surface area contributed by atoms with E-state index in [1.54, 1.807) is 0 Å². The fourth-order valence-corrected chi connectivity index (χ4v) is 0.908. The van der Waals surface area contributed by atoms with Crippen LogP contribution >= 0.6 is 0 Å². The van der Waals surface area contributed by atoms with Crippen LogP contribution in [0.25, 0.3) is 0 Å². The summed E-state index contributed by atoms with van der Waals surface area (Å²) in [6.45, 7) is 0. The molecule has 50 valence electrons. The number of rotatable bonds is 2. The van der Waals surface area contributed by atoms with Gasteiger partial charge in [-0.25, -0.2) is 4.21 Å². The van der Waals surface area contributed by atoms with Gasteiger partial charge in [0.2, 0.25) is 0 Å². The van der Waals surface area contributed by atoms with Crippen molar-refractivity contribution in [2.45, 2.75) is 0 Å². The predicted octanol–water partition coefficient (Wildman–Crippen LogP) is -1.24. The molecule has 8 heavy (non-hydrogen) atoms. The van der Waals surface area contributed by atoms with E-state index in [1.807, 2.05) is 0 Å². The maximum Gasteiger partial charge on any atom is 0.276 e. The summed E-state index contributed by atoms with van der Waals surface area (Å²) in [5.41, 5.74) is 0. The first kappa shape index (κ1) is 8.02. The van der Waals surface area contributed by atoms with Crippen molar-refractivity contribution < 1.29 is 20.8 Å². The first-order chi connectivity index (χ1) is 3.42. The van der Waals surface area contributed by atoms with Crippen molar-refractivity contribution in [1.29, 1.82) is 0 Å². The monoisotopic (exact) mass is 159 g/mol. The molecule has 0 rings (SSSR count). The molecule has 0 aromatic heterocycles. The summed E-state index contributed by atoms with van der Waals surface area (Å²) in [4.78, 5) is 0. The normalized spacial score (nSPS) is 15.8. The van der Waals surface area contributed by atoms with E-state index in [4.69, 9.17) is 0 Å². The van der Waals surface area contributed by atoms with Crippen LogP contribution in [-0.2, 0) is 25.1 Å². The van der Waals surface area contributed by atoms with Crippen LogP contribution in [0, 0.1) is 0 Å². The van der Waals surface area contributed by atoms with Gasteiger partial charge in [0, 0.05) is 0 Å². The smallest absolute Gasteiger partial charge is 0.276 e. The Morgan fingerprint density at radius 3 is 2.00 bits per heavy atom. The van der Waals surface area contributed by atoms with Crippen LogP contribution < -0.4 is 0 Å². The van der Waals surface area contributed by atoms with E-state index in [0.717, 1.165) is 0 Å². The Morgan fingerprint density at radius 1 is 1.62 bits per heavy atom. The van der Waals surface area contributed by atoms with Gasteiger partial charge in [0.25, 0.3) is 10.1 Å². The van der Waals surface area contributed by atoms with Gasteiger partial charge in [0.05, 0.1) is 6.26 Å². The Hall–Kier alpha value is 0.0200. The molecule has 0 N–H and O–H groups in total. The molecule has 0 spiro atoms. The quantitative estimate of drug-likeness (QED) is 0.470. The molecule has 0 bridgehead atoms. The second-order valence-corrected chi connectivity index (χ2v) is 3.34. The molecule has 0 saturated heterocycles. The summed E-state index contributed by atoms with van der Waals surface area (Å²) in [6.07, 6.45) is 0.642. The van der Waals surface area contributed by atoms with Crippen LogP contribution in [0.5, 0.6) is 0 Å². The van der Waals surface area contributed by atoms with Crippen LogP contribution in [0.1, 0.15) is 0 Å². The highest BCUT2D eigenvalue weighted by Crippen LogP contribution is 1.86. The van der Waals surface area contributed by atoms with Gasteiger partial charge in [-0.3, -0.25) is 0 Å². The maximum absolute atomic E-state index is 9.83. The summed E-state index contributed by atoms with van der Waals surface area (Å²) in [7, 11) is -3.84. The lowest BCUT2D eigenvalue weighted by Gasteiger charge is -1.99. The van der Waals surface area contributed by atoms with Gasteiger partial charge >= 0.3 is 0 Å². The highest BCUT2D eigenvalue weighted by Gasteiger charge is 1.98. The summed E-state index contributed by atoms with van der Waals surface area (Å²) in [5, 5.41) is 0. The largest absolute Gasteiger partial charge is 0.749 e. The molecule has 0 saturated carbocycles. The topological polar surface area (TPSA) is 83.5 Å². The van der Waals surface area contributed by atoms with Gasteiger partial charge < -0.3 is 4.55 Å². The van der Waals surface area contributed by atoms with Crippen molar-refractivity contribution in [2.75, 3.05) is 6.26 Å². The van der Waals surface area contributed by atoms with E-state index in [2.05, 4.69) is 3.63 Å². The lowest BCUT2D eigenvalue weighted by atomic mass is 12.0. The average Bonchev–Trinajstić information content (AvgIpc) is 1.21. The van der Waals surface area contributed by atoms with Gasteiger partial charge in [-0.05, 0) is 0 Å². The molecule has 1 atom stereocenters. The van der Waals surface area contributed by atoms with Crippen LogP contribution in [0.4, 0.5) is 0 Å². The Bertz CT molecular complexity index is 177. The molecule has 0 amide bonds. The van der Waals surface area contributed by atoms with Crippen molar-refractivity contribution in [1.82, 2.24) is 0 Å². The zero-order valence-electron chi connectivity index (χ0n) is 3.86. The van der Waals surface area contributed by atoms with Crippen LogP contribution in [-0.4, -0.2) is 23.4 Å². The molecule has 0 aliphatic rings. The number of hydrogen-bond donors (Lipinski definition) is 0. The minimum Gasteiger partial charge on any atom is -0.749 e. The lowest BCUT2D eigenvalue weighted by Crippen LogP contribution is -2.04. The fourth-order valence-electron chi connectivity index (χ4n) is 0.101. The third-order valence-electron chi connectivity index (χ3n) is 0.179. The van der Waals surface area contributed by atoms with Gasteiger partial charge in [-0.2, -0.15) is 12.0 Å². The Kier molecular flexibility index (Phi) is 2.54. The molecule has 0 aromatic rings. The van der Waals surface area contributed by atoms with E-state index in [0.29, 0.717) is 6.26 Å². The third kappa shape index (κ3) is 6.02. The van der Waals surface area contributed by atoms with E-state index >= 15 is 0 Å². The maximum atomic E-state index is 9.83. The van der Waals surface area contributed by atoms with Gasteiger partial charge in [0.15, 0.2) is 0 Å². The molecule has 0 aromatic carbocycles. The SMILES string of the molecule is CS(=O)(=O)OS(=O)[O-]. The summed E-state index contributed by atoms with van der Waals surface area (Å²) >= 11 is -2.97. The van der Waals surface area contributed by atoms with E-state index < -0.39 is 21.5 Å². The standard InChI is InChI=1S/CH4O5S2/c1-8(4,5)6-7(2)3/h1H3,(H,2,3)/p-1. The number of hydrogen-bond acceptors (Lipinski definition) is 5. The third-order valence-corrected chi connectivity index (χ3v) is 1.61. The van der Waals surface area contributed by atoms with Crippen LogP contribution in [0.3, 0.4) is 0 Å². The molecule has 5 nitrogen and oxygen atoms in total. The Morgan fingerprint density at radius 2 is 2.00 bits per heavy atom. The van der Waals surface area contributed by atoms with Crippen molar-refractivity contribution in [3.05, 3.63) is 0 Å². The average molecular weight is 159 g/mol. The molecule has 1 unspecified atom stereocenters. The molecular formula is CH3O5S2-. The van der Waals surface area contributed by atoms with E-state index in [1.165, 1.54) is 0 Å². The second-order valence-electron chi connectivity index (χ2n) is 0.976. The first-order valence-corrected chi connectivity index (χ1v) is 4.22. The Balaban J connectivity index is 3.95. The Labute approximate surface area is 49.3 Å². The summed E-state index contributed by atoms with van der Waals surface area (Å²) in [6, 6.07) is 0. The fraction of sp³-hybridized carbons (Fsp3) is 1.00. The molecule has 0 fully saturated rings. The molecule has 0 radical (unpaired) electrons. The van der Waals surface area contributed by atoms with Crippen LogP contribution in [0.15, 0.2) is 0 Å². The molecular weight excluding hydrogens is 156 g/mol. The molecule has 0 aliphatic heterocycles. The summed E-state index contributed by atoms with van der Waals surface area (Å²) in [5.74, 6) is 0. The molecule has 7 heteroatoms. The van der Waals surface area contributed by atoms with Crippen molar-refractivity contribution in [3.63, 3.8) is 0 Å². The van der Waals surface area contributed by atoms with Crippen molar-refractivity contribution >= 4 is 21.5 Å².